The molecule has 5 atom stereocenters. The Morgan fingerprint density at radius 3 is 2.53 bits per heavy atom. The highest BCUT2D eigenvalue weighted by Gasteiger charge is 2.50. The summed E-state index contributed by atoms with van der Waals surface area (Å²) in [6, 6.07) is 7.39. The molecule has 3 aliphatic rings. The van der Waals surface area contributed by atoms with Crippen LogP contribution in [0.1, 0.15) is 30.1 Å². The van der Waals surface area contributed by atoms with Crippen LogP contribution in [0, 0.1) is 17.2 Å². The molecule has 0 spiro atoms. The van der Waals surface area contributed by atoms with E-state index < -0.39 is 18.0 Å². The molecule has 3 aliphatic heterocycles. The van der Waals surface area contributed by atoms with Crippen LogP contribution in [0.5, 0.6) is 0 Å². The van der Waals surface area contributed by atoms with Gasteiger partial charge in [0.2, 0.25) is 17.7 Å². The third-order valence-corrected chi connectivity index (χ3v) is 6.39. The van der Waals surface area contributed by atoms with E-state index in [4.69, 9.17) is 11.5 Å². The van der Waals surface area contributed by atoms with Gasteiger partial charge >= 0.3 is 0 Å². The first kappa shape index (κ1) is 20.3. The standard InChI is InChI=1S/C21H26N6O3/c1-12-6-15(8-22)26(9-12)20(29)17(23)11-25-10-16-7-18(25)21(30)27(16)14-4-2-13(3-5-14)19(24)28/h2-5,12,15-18H,6-7,9-11,23H2,1H3,(H2,24,28)/t12?,15?,16-,17?,18?/m0/s1. The van der Waals surface area contributed by atoms with E-state index >= 15 is 0 Å². The number of piperazine rings is 1. The molecule has 9 nitrogen and oxygen atoms in total. The fraction of sp³-hybridized carbons (Fsp3) is 0.524. The van der Waals surface area contributed by atoms with Gasteiger partial charge in [-0.1, -0.05) is 6.92 Å². The maximum absolute atomic E-state index is 13.0. The van der Waals surface area contributed by atoms with Gasteiger partial charge in [-0.2, -0.15) is 5.26 Å². The number of carbonyl (C=O) groups is 3. The number of likely N-dealkylation sites (tertiary alicyclic amines) is 2. The van der Waals surface area contributed by atoms with Gasteiger partial charge < -0.3 is 21.3 Å². The molecule has 1 aromatic rings. The Morgan fingerprint density at radius 1 is 1.23 bits per heavy atom. The second-order valence-corrected chi connectivity index (χ2v) is 8.56. The third-order valence-electron chi connectivity index (χ3n) is 6.39. The van der Waals surface area contributed by atoms with Gasteiger partial charge in [-0.25, -0.2) is 0 Å². The van der Waals surface area contributed by atoms with Crippen LogP contribution in [0.25, 0.3) is 0 Å². The number of nitrogens with zero attached hydrogens (tertiary/aromatic N) is 4. The molecule has 3 heterocycles. The number of nitriles is 1. The summed E-state index contributed by atoms with van der Waals surface area (Å²) in [5.41, 5.74) is 12.6. The first-order valence-electron chi connectivity index (χ1n) is 10.2. The summed E-state index contributed by atoms with van der Waals surface area (Å²) in [5.74, 6) is -0.473. The lowest BCUT2D eigenvalue weighted by atomic mass is 10.1. The average molecular weight is 410 g/mol. The summed E-state index contributed by atoms with van der Waals surface area (Å²) in [7, 11) is 0. The minimum Gasteiger partial charge on any atom is -0.366 e. The number of hydrogen-bond donors (Lipinski definition) is 2. The van der Waals surface area contributed by atoms with Crippen molar-refractivity contribution in [2.45, 2.75) is 43.9 Å². The maximum atomic E-state index is 13.0. The van der Waals surface area contributed by atoms with Crippen molar-refractivity contribution in [1.29, 1.82) is 5.26 Å². The Labute approximate surface area is 175 Å². The second-order valence-electron chi connectivity index (χ2n) is 8.56. The Bertz CT molecular complexity index is 910. The van der Waals surface area contributed by atoms with Crippen LogP contribution >= 0.6 is 0 Å². The molecule has 4 N–H and O–H groups in total. The van der Waals surface area contributed by atoms with Crippen molar-refractivity contribution in [3.05, 3.63) is 29.8 Å². The Kier molecular flexibility index (Phi) is 5.22. The summed E-state index contributed by atoms with van der Waals surface area (Å²) < 4.78 is 0. The topological polar surface area (TPSA) is 137 Å². The lowest BCUT2D eigenvalue weighted by Crippen LogP contribution is -2.56. The number of rotatable bonds is 5. The highest BCUT2D eigenvalue weighted by Crippen LogP contribution is 2.36. The molecule has 30 heavy (non-hydrogen) atoms. The number of carbonyl (C=O) groups excluding carboxylic acids is 3. The molecule has 3 saturated heterocycles. The van der Waals surface area contributed by atoms with Crippen LogP contribution in [0.2, 0.25) is 0 Å². The normalized spacial score (nSPS) is 29.3. The highest BCUT2D eigenvalue weighted by atomic mass is 16.2. The molecule has 0 radical (unpaired) electrons. The van der Waals surface area contributed by atoms with Gasteiger partial charge in [-0.3, -0.25) is 19.3 Å². The van der Waals surface area contributed by atoms with E-state index in [1.165, 1.54) is 0 Å². The van der Waals surface area contributed by atoms with Crippen LogP contribution in [0.15, 0.2) is 24.3 Å². The van der Waals surface area contributed by atoms with E-state index in [1.54, 1.807) is 34.1 Å². The largest absolute Gasteiger partial charge is 0.366 e. The zero-order valence-corrected chi connectivity index (χ0v) is 16.9. The fourth-order valence-electron chi connectivity index (χ4n) is 4.95. The van der Waals surface area contributed by atoms with Gasteiger partial charge in [0.15, 0.2) is 0 Å². The van der Waals surface area contributed by atoms with Crippen molar-refractivity contribution in [3.63, 3.8) is 0 Å². The van der Waals surface area contributed by atoms with E-state index in [0.29, 0.717) is 38.0 Å². The number of nitrogens with two attached hydrogens (primary N) is 2. The smallest absolute Gasteiger partial charge is 0.248 e. The first-order chi connectivity index (χ1) is 14.3. The van der Waals surface area contributed by atoms with Gasteiger partial charge in [0.05, 0.1) is 24.2 Å². The predicted octanol–water partition coefficient (Wildman–Crippen LogP) is -0.337. The summed E-state index contributed by atoms with van der Waals surface area (Å²) in [6.45, 7) is 3.49. The minimum absolute atomic E-state index is 0.00268. The van der Waals surface area contributed by atoms with Crippen LogP contribution in [0.4, 0.5) is 5.69 Å². The van der Waals surface area contributed by atoms with Crippen molar-refractivity contribution < 1.29 is 14.4 Å². The van der Waals surface area contributed by atoms with Gasteiger partial charge in [-0.05, 0) is 43.0 Å². The molecule has 1 aromatic carbocycles. The maximum Gasteiger partial charge on any atom is 0.248 e. The van der Waals surface area contributed by atoms with Crippen LogP contribution < -0.4 is 16.4 Å². The van der Waals surface area contributed by atoms with Crippen molar-refractivity contribution in [3.8, 4) is 6.07 Å². The Balaban J connectivity index is 1.40. The van der Waals surface area contributed by atoms with E-state index in [0.717, 1.165) is 5.69 Å². The molecule has 0 saturated carbocycles. The number of hydrogen-bond acceptors (Lipinski definition) is 6. The quantitative estimate of drug-likeness (QED) is 0.682. The SMILES string of the molecule is CC1CC(C#N)N(C(=O)C(N)CN2C[C@@H]3CC2C(=O)N3c2ccc(C(N)=O)cc2)C1. The fourth-order valence-corrected chi connectivity index (χ4v) is 4.95. The summed E-state index contributed by atoms with van der Waals surface area (Å²) in [5, 5.41) is 9.30. The monoisotopic (exact) mass is 410 g/mol. The molecule has 3 amide bonds. The Hall–Kier alpha value is -2.96. The third kappa shape index (κ3) is 3.42. The zero-order valence-electron chi connectivity index (χ0n) is 16.9. The molecule has 158 valence electrons. The number of amides is 3. The molecule has 3 fully saturated rings. The average Bonchev–Trinajstić information content (AvgIpc) is 3.39. The lowest BCUT2D eigenvalue weighted by Gasteiger charge is -2.35. The molecular formula is C21H26N6O3. The van der Waals surface area contributed by atoms with Gasteiger partial charge in [0.1, 0.15) is 6.04 Å². The zero-order chi connectivity index (χ0) is 21.6. The first-order valence-corrected chi connectivity index (χ1v) is 10.2. The van der Waals surface area contributed by atoms with E-state index in [1.807, 2.05) is 11.8 Å². The van der Waals surface area contributed by atoms with Crippen molar-refractivity contribution in [2.75, 3.05) is 24.5 Å². The van der Waals surface area contributed by atoms with Crippen molar-refractivity contribution in [2.24, 2.45) is 17.4 Å². The molecule has 2 bridgehead atoms. The van der Waals surface area contributed by atoms with Gasteiger partial charge in [0.25, 0.3) is 0 Å². The van der Waals surface area contributed by atoms with Gasteiger partial charge in [-0.15, -0.1) is 0 Å². The molecule has 0 aromatic heterocycles. The van der Waals surface area contributed by atoms with Crippen LogP contribution in [-0.4, -0.2) is 71.3 Å². The summed E-state index contributed by atoms with van der Waals surface area (Å²) >= 11 is 0. The number of fused-ring (bicyclic) bond motifs is 2. The lowest BCUT2D eigenvalue weighted by molar-refractivity contribution is -0.134. The molecule has 0 aliphatic carbocycles. The number of primary amides is 1. The molecular weight excluding hydrogens is 384 g/mol. The predicted molar refractivity (Wildman–Crippen MR) is 109 cm³/mol. The summed E-state index contributed by atoms with van der Waals surface area (Å²) in [6.07, 6.45) is 1.35. The van der Waals surface area contributed by atoms with E-state index in [2.05, 4.69) is 6.07 Å². The molecule has 4 rings (SSSR count). The number of anilines is 1. The van der Waals surface area contributed by atoms with Gasteiger partial charge in [0, 0.05) is 30.9 Å². The van der Waals surface area contributed by atoms with Crippen molar-refractivity contribution in [1.82, 2.24) is 9.80 Å². The minimum atomic E-state index is -0.762. The Morgan fingerprint density at radius 2 is 1.93 bits per heavy atom. The van der Waals surface area contributed by atoms with E-state index in [9.17, 15) is 19.6 Å². The van der Waals surface area contributed by atoms with E-state index in [-0.39, 0.29) is 29.8 Å². The highest BCUT2D eigenvalue weighted by molar-refractivity contribution is 6.02. The molecule has 4 unspecified atom stereocenters. The van der Waals surface area contributed by atoms with Crippen LogP contribution in [0.3, 0.4) is 0 Å². The second kappa shape index (κ2) is 7.70. The summed E-state index contributed by atoms with van der Waals surface area (Å²) in [4.78, 5) is 42.3. The number of benzene rings is 1. The van der Waals surface area contributed by atoms with Crippen LogP contribution in [-0.2, 0) is 9.59 Å². The van der Waals surface area contributed by atoms with Crippen molar-refractivity contribution >= 4 is 23.4 Å². The molecule has 9 heteroatoms.